The van der Waals surface area contributed by atoms with Gasteiger partial charge in [-0.25, -0.2) is 0 Å². The molecule has 2 rings (SSSR count). The van der Waals surface area contributed by atoms with E-state index in [1.54, 1.807) is 44.2 Å². The number of benzene rings is 2. The lowest BCUT2D eigenvalue weighted by molar-refractivity contribution is -0.137. The molecule has 0 aromatic heterocycles. The van der Waals surface area contributed by atoms with Crippen molar-refractivity contribution in [2.24, 2.45) is 0 Å². The molecule has 0 heterocycles. The summed E-state index contributed by atoms with van der Waals surface area (Å²) in [5.74, 6) is -1.03. The fourth-order valence-corrected chi connectivity index (χ4v) is 2.34. The van der Waals surface area contributed by atoms with Gasteiger partial charge in [-0.2, -0.15) is 13.2 Å². The second kappa shape index (κ2) is 8.03. The van der Waals surface area contributed by atoms with Crippen molar-refractivity contribution < 1.29 is 22.8 Å². The second-order valence-corrected chi connectivity index (χ2v) is 6.06. The number of carbonyl (C=O) groups excluding carboxylic acids is 2. The van der Waals surface area contributed by atoms with Crippen LogP contribution in [-0.4, -0.2) is 17.9 Å². The molecule has 2 amide bonds. The summed E-state index contributed by atoms with van der Waals surface area (Å²) >= 11 is 0. The van der Waals surface area contributed by atoms with Crippen LogP contribution >= 0.6 is 0 Å². The van der Waals surface area contributed by atoms with Crippen LogP contribution in [0.3, 0.4) is 0 Å². The standard InChI is InChI=1S/C19H19F3N2O2/c1-12(2)23-18(26)16(13-6-4-3-5-7-13)24-17(25)14-8-10-15(11-9-14)19(20,21)22/h3-12,16H,1-2H3,(H,23,26)(H,24,25)/t16-/m0/s1. The van der Waals surface area contributed by atoms with Gasteiger partial charge in [0.25, 0.3) is 5.91 Å². The monoisotopic (exact) mass is 364 g/mol. The Morgan fingerprint density at radius 3 is 1.96 bits per heavy atom. The molecule has 138 valence electrons. The summed E-state index contributed by atoms with van der Waals surface area (Å²) in [5, 5.41) is 5.31. The van der Waals surface area contributed by atoms with Crippen LogP contribution in [0.2, 0.25) is 0 Å². The van der Waals surface area contributed by atoms with Crippen LogP contribution in [0.5, 0.6) is 0 Å². The zero-order valence-corrected chi connectivity index (χ0v) is 14.3. The molecule has 0 bridgehead atoms. The summed E-state index contributed by atoms with van der Waals surface area (Å²) in [6, 6.07) is 11.4. The van der Waals surface area contributed by atoms with E-state index in [0.29, 0.717) is 5.56 Å². The Kier molecular flexibility index (Phi) is 6.02. The molecule has 4 nitrogen and oxygen atoms in total. The van der Waals surface area contributed by atoms with Crippen molar-refractivity contribution >= 4 is 11.8 Å². The average Bonchev–Trinajstić information content (AvgIpc) is 2.59. The SMILES string of the molecule is CC(C)NC(=O)[C@@H](NC(=O)c1ccc(C(F)(F)F)cc1)c1ccccc1. The molecule has 2 aromatic carbocycles. The first-order valence-corrected chi connectivity index (χ1v) is 8.02. The van der Waals surface area contributed by atoms with E-state index in [1.165, 1.54) is 0 Å². The van der Waals surface area contributed by atoms with Crippen LogP contribution in [0, 0.1) is 0 Å². The summed E-state index contributed by atoms with van der Waals surface area (Å²) in [6.07, 6.45) is -4.47. The molecular weight excluding hydrogens is 345 g/mol. The van der Waals surface area contributed by atoms with Gasteiger partial charge in [-0.05, 0) is 43.7 Å². The van der Waals surface area contributed by atoms with E-state index in [2.05, 4.69) is 10.6 Å². The van der Waals surface area contributed by atoms with E-state index in [4.69, 9.17) is 0 Å². The summed E-state index contributed by atoms with van der Waals surface area (Å²) in [5.41, 5.74) is -0.228. The van der Waals surface area contributed by atoms with Crippen molar-refractivity contribution in [3.8, 4) is 0 Å². The van der Waals surface area contributed by atoms with Gasteiger partial charge in [0.2, 0.25) is 5.91 Å². The van der Waals surface area contributed by atoms with Crippen molar-refractivity contribution in [3.05, 3.63) is 71.3 Å². The van der Waals surface area contributed by atoms with Crippen LogP contribution < -0.4 is 10.6 Å². The van der Waals surface area contributed by atoms with Crippen LogP contribution in [0.15, 0.2) is 54.6 Å². The van der Waals surface area contributed by atoms with E-state index < -0.39 is 29.6 Å². The van der Waals surface area contributed by atoms with Gasteiger partial charge in [0.05, 0.1) is 5.56 Å². The maximum absolute atomic E-state index is 12.6. The van der Waals surface area contributed by atoms with Gasteiger partial charge in [0.1, 0.15) is 6.04 Å². The minimum absolute atomic E-state index is 0.0382. The quantitative estimate of drug-likeness (QED) is 0.850. The highest BCUT2D eigenvalue weighted by Crippen LogP contribution is 2.29. The van der Waals surface area contributed by atoms with Crippen LogP contribution in [0.1, 0.15) is 41.4 Å². The Labute approximate surface area is 149 Å². The van der Waals surface area contributed by atoms with Gasteiger partial charge in [-0.3, -0.25) is 9.59 Å². The number of carbonyl (C=O) groups is 2. The molecule has 0 radical (unpaired) electrons. The maximum Gasteiger partial charge on any atom is 0.416 e. The molecule has 1 atom stereocenters. The summed E-state index contributed by atoms with van der Waals surface area (Å²) < 4.78 is 37.9. The van der Waals surface area contributed by atoms with E-state index >= 15 is 0 Å². The maximum atomic E-state index is 12.6. The fraction of sp³-hybridized carbons (Fsp3) is 0.263. The van der Waals surface area contributed by atoms with Gasteiger partial charge in [-0.15, -0.1) is 0 Å². The number of nitrogens with one attached hydrogen (secondary N) is 2. The highest BCUT2D eigenvalue weighted by atomic mass is 19.4. The zero-order valence-electron chi connectivity index (χ0n) is 14.3. The Hall–Kier alpha value is -2.83. The summed E-state index contributed by atoms with van der Waals surface area (Å²) in [7, 11) is 0. The molecule has 7 heteroatoms. The lowest BCUT2D eigenvalue weighted by Gasteiger charge is -2.20. The molecule has 0 fully saturated rings. The van der Waals surface area contributed by atoms with Crippen molar-refractivity contribution in [2.45, 2.75) is 32.1 Å². The normalized spacial score (nSPS) is 12.5. The van der Waals surface area contributed by atoms with E-state index in [0.717, 1.165) is 24.3 Å². The van der Waals surface area contributed by atoms with Gasteiger partial charge in [0, 0.05) is 11.6 Å². The number of hydrogen-bond acceptors (Lipinski definition) is 2. The first-order valence-electron chi connectivity index (χ1n) is 8.02. The van der Waals surface area contributed by atoms with E-state index in [1.807, 2.05) is 0 Å². The Balaban J connectivity index is 2.22. The number of amides is 2. The molecule has 26 heavy (non-hydrogen) atoms. The summed E-state index contributed by atoms with van der Waals surface area (Å²) in [6.45, 7) is 3.58. The Morgan fingerprint density at radius 2 is 1.46 bits per heavy atom. The fourth-order valence-electron chi connectivity index (χ4n) is 2.34. The van der Waals surface area contributed by atoms with Crippen LogP contribution in [0.25, 0.3) is 0 Å². The predicted octanol–water partition coefficient (Wildman–Crippen LogP) is 3.70. The predicted molar refractivity (Wildman–Crippen MR) is 91.4 cm³/mol. The van der Waals surface area contributed by atoms with Crippen molar-refractivity contribution in [1.82, 2.24) is 10.6 Å². The molecule has 0 saturated heterocycles. The van der Waals surface area contributed by atoms with Crippen LogP contribution in [0.4, 0.5) is 13.2 Å². The third-order valence-corrected chi connectivity index (χ3v) is 3.58. The number of alkyl halides is 3. The van der Waals surface area contributed by atoms with Crippen molar-refractivity contribution in [3.63, 3.8) is 0 Å². The molecule has 0 saturated carbocycles. The van der Waals surface area contributed by atoms with Gasteiger partial charge >= 0.3 is 6.18 Å². The highest BCUT2D eigenvalue weighted by Gasteiger charge is 2.30. The molecule has 2 N–H and O–H groups in total. The number of hydrogen-bond donors (Lipinski definition) is 2. The molecular formula is C19H19F3N2O2. The first-order chi connectivity index (χ1) is 12.2. The van der Waals surface area contributed by atoms with Gasteiger partial charge in [0.15, 0.2) is 0 Å². The van der Waals surface area contributed by atoms with E-state index in [-0.39, 0.29) is 11.6 Å². The molecule has 2 aromatic rings. The molecule has 0 unspecified atom stereocenters. The lowest BCUT2D eigenvalue weighted by Crippen LogP contribution is -2.42. The smallest absolute Gasteiger partial charge is 0.352 e. The summed E-state index contributed by atoms with van der Waals surface area (Å²) in [4.78, 5) is 24.8. The van der Waals surface area contributed by atoms with Gasteiger partial charge < -0.3 is 10.6 Å². The average molecular weight is 364 g/mol. The molecule has 0 aliphatic heterocycles. The van der Waals surface area contributed by atoms with Crippen molar-refractivity contribution in [1.29, 1.82) is 0 Å². The highest BCUT2D eigenvalue weighted by molar-refractivity contribution is 5.97. The zero-order chi connectivity index (χ0) is 19.3. The minimum Gasteiger partial charge on any atom is -0.352 e. The van der Waals surface area contributed by atoms with Crippen molar-refractivity contribution in [2.75, 3.05) is 0 Å². The molecule has 0 aliphatic carbocycles. The molecule has 0 aliphatic rings. The lowest BCUT2D eigenvalue weighted by atomic mass is 10.0. The van der Waals surface area contributed by atoms with Crippen LogP contribution in [-0.2, 0) is 11.0 Å². The minimum atomic E-state index is -4.47. The van der Waals surface area contributed by atoms with Gasteiger partial charge in [-0.1, -0.05) is 30.3 Å². The topological polar surface area (TPSA) is 58.2 Å². The number of halogens is 3. The Morgan fingerprint density at radius 1 is 0.885 bits per heavy atom. The molecule has 0 spiro atoms. The largest absolute Gasteiger partial charge is 0.416 e. The first kappa shape index (κ1) is 19.5. The third-order valence-electron chi connectivity index (χ3n) is 3.58. The second-order valence-electron chi connectivity index (χ2n) is 6.06. The number of rotatable bonds is 5. The van der Waals surface area contributed by atoms with E-state index in [9.17, 15) is 22.8 Å². The Bertz CT molecular complexity index is 757. The third kappa shape index (κ3) is 5.08.